The molecule has 0 amide bonds. The van der Waals surface area contributed by atoms with Crippen molar-refractivity contribution in [1.82, 2.24) is 0 Å². The van der Waals surface area contributed by atoms with E-state index in [4.69, 9.17) is 11.5 Å². The Morgan fingerprint density at radius 3 is 2.00 bits per heavy atom. The molecule has 1 unspecified atom stereocenters. The molecule has 3 nitrogen and oxygen atoms in total. The zero-order valence-corrected chi connectivity index (χ0v) is 7.05. The molecular weight excluding hydrogens is 128 g/mol. The van der Waals surface area contributed by atoms with E-state index in [9.17, 15) is 4.79 Å². The number of hydrogen-bond acceptors (Lipinski definition) is 3. The normalized spacial score (nSPS) is 11.3. The minimum absolute atomic E-state index is 0.00968. The van der Waals surface area contributed by atoms with Crippen molar-refractivity contribution in [2.24, 2.45) is 11.5 Å². The first-order valence-corrected chi connectivity index (χ1v) is 3.64. The third-order valence-corrected chi connectivity index (χ3v) is 1.000. The van der Waals surface area contributed by atoms with Crippen LogP contribution in [0.1, 0.15) is 27.2 Å². The fraction of sp³-hybridized carbons (Fsp3) is 0.857. The molecule has 0 aliphatic carbocycles. The van der Waals surface area contributed by atoms with Crippen LogP contribution in [-0.2, 0) is 4.79 Å². The summed E-state index contributed by atoms with van der Waals surface area (Å²) in [7, 11) is 0. The Kier molecular flexibility index (Phi) is 10.6. The van der Waals surface area contributed by atoms with Gasteiger partial charge in [-0.05, 0) is 19.9 Å². The van der Waals surface area contributed by atoms with Gasteiger partial charge < -0.3 is 11.5 Å². The molecule has 10 heavy (non-hydrogen) atoms. The van der Waals surface area contributed by atoms with E-state index in [-0.39, 0.29) is 11.8 Å². The summed E-state index contributed by atoms with van der Waals surface area (Å²) in [6.07, 6.45) is 0.593. The molecule has 0 aromatic carbocycles. The maximum Gasteiger partial charge on any atom is 0.146 e. The summed E-state index contributed by atoms with van der Waals surface area (Å²) in [5.74, 6) is 0.00968. The summed E-state index contributed by atoms with van der Waals surface area (Å²) in [4.78, 5) is 10.4. The van der Waals surface area contributed by atoms with Crippen LogP contribution in [0, 0.1) is 0 Å². The van der Waals surface area contributed by atoms with Gasteiger partial charge in [0.2, 0.25) is 0 Å². The highest BCUT2D eigenvalue weighted by Gasteiger charge is 2.04. The smallest absolute Gasteiger partial charge is 0.146 e. The van der Waals surface area contributed by atoms with E-state index < -0.39 is 0 Å². The molecule has 0 rings (SSSR count). The van der Waals surface area contributed by atoms with Crippen molar-refractivity contribution in [2.45, 2.75) is 33.2 Å². The maximum absolute atomic E-state index is 10.4. The number of rotatable bonds is 3. The fourth-order valence-corrected chi connectivity index (χ4v) is 0.383. The molecule has 0 spiro atoms. The molecule has 0 heterocycles. The molecule has 0 aliphatic heterocycles. The Morgan fingerprint density at radius 1 is 1.50 bits per heavy atom. The van der Waals surface area contributed by atoms with Crippen molar-refractivity contribution in [2.75, 3.05) is 6.54 Å². The van der Waals surface area contributed by atoms with Gasteiger partial charge >= 0.3 is 0 Å². The molecule has 0 saturated heterocycles. The van der Waals surface area contributed by atoms with Crippen LogP contribution in [0.4, 0.5) is 0 Å². The van der Waals surface area contributed by atoms with Crippen molar-refractivity contribution < 1.29 is 4.79 Å². The lowest BCUT2D eigenvalue weighted by Gasteiger charge is -2.02. The highest BCUT2D eigenvalue weighted by atomic mass is 16.1. The minimum Gasteiger partial charge on any atom is -0.330 e. The van der Waals surface area contributed by atoms with E-state index >= 15 is 0 Å². The molecule has 0 saturated carbocycles. The average molecular weight is 146 g/mol. The van der Waals surface area contributed by atoms with Gasteiger partial charge in [0.15, 0.2) is 0 Å². The van der Waals surface area contributed by atoms with Gasteiger partial charge in [0, 0.05) is 0 Å². The predicted octanol–water partition coefficient (Wildman–Crippen LogP) is 0.278. The molecule has 0 aliphatic rings. The molecule has 1 atom stereocenters. The van der Waals surface area contributed by atoms with Crippen LogP contribution in [0.15, 0.2) is 0 Å². The average Bonchev–Trinajstić information content (AvgIpc) is 1.93. The van der Waals surface area contributed by atoms with Gasteiger partial charge in [0.25, 0.3) is 0 Å². The summed E-state index contributed by atoms with van der Waals surface area (Å²) in [6.45, 7) is 5.96. The number of ketones is 1. The van der Waals surface area contributed by atoms with Crippen LogP contribution in [-0.4, -0.2) is 18.4 Å². The monoisotopic (exact) mass is 146 g/mol. The van der Waals surface area contributed by atoms with Gasteiger partial charge in [-0.3, -0.25) is 4.79 Å². The van der Waals surface area contributed by atoms with Crippen molar-refractivity contribution in [3.8, 4) is 0 Å². The lowest BCUT2D eigenvalue weighted by Crippen LogP contribution is -2.30. The van der Waals surface area contributed by atoms with Crippen LogP contribution in [0.3, 0.4) is 0 Å². The lowest BCUT2D eigenvalue weighted by atomic mass is 10.1. The second-order valence-electron chi connectivity index (χ2n) is 1.79. The first-order valence-electron chi connectivity index (χ1n) is 3.64. The van der Waals surface area contributed by atoms with Gasteiger partial charge in [0.05, 0.1) is 6.04 Å². The van der Waals surface area contributed by atoms with Crippen molar-refractivity contribution in [3.63, 3.8) is 0 Å². The topological polar surface area (TPSA) is 69.1 Å². The largest absolute Gasteiger partial charge is 0.330 e. The zero-order chi connectivity index (χ0) is 8.57. The van der Waals surface area contributed by atoms with E-state index in [0.29, 0.717) is 13.0 Å². The van der Waals surface area contributed by atoms with Crippen LogP contribution in [0.2, 0.25) is 0 Å². The Morgan fingerprint density at radius 2 is 1.90 bits per heavy atom. The van der Waals surface area contributed by atoms with Gasteiger partial charge in [0.1, 0.15) is 5.78 Å². The van der Waals surface area contributed by atoms with Crippen LogP contribution in [0.25, 0.3) is 0 Å². The Labute approximate surface area is 62.8 Å². The summed E-state index contributed by atoms with van der Waals surface area (Å²) < 4.78 is 0. The fourth-order valence-electron chi connectivity index (χ4n) is 0.383. The molecule has 0 aromatic heterocycles. The van der Waals surface area contributed by atoms with E-state index in [0.717, 1.165) is 0 Å². The van der Waals surface area contributed by atoms with Gasteiger partial charge in [-0.1, -0.05) is 13.8 Å². The lowest BCUT2D eigenvalue weighted by molar-refractivity contribution is -0.118. The number of Topliss-reactive ketones (excluding diaryl/α,β-unsaturated/α-hetero) is 1. The maximum atomic E-state index is 10.4. The molecular formula is C7H18N2O. The zero-order valence-electron chi connectivity index (χ0n) is 7.05. The molecule has 62 valence electrons. The van der Waals surface area contributed by atoms with Crippen LogP contribution in [0.5, 0.6) is 0 Å². The third-order valence-electron chi connectivity index (χ3n) is 1.000. The van der Waals surface area contributed by atoms with Gasteiger partial charge in [-0.25, -0.2) is 0 Å². The summed E-state index contributed by atoms with van der Waals surface area (Å²) >= 11 is 0. The highest BCUT2D eigenvalue weighted by molar-refractivity contribution is 5.81. The first kappa shape index (κ1) is 12.3. The second-order valence-corrected chi connectivity index (χ2v) is 1.79. The van der Waals surface area contributed by atoms with Crippen LogP contribution < -0.4 is 11.5 Å². The van der Waals surface area contributed by atoms with Crippen molar-refractivity contribution in [3.05, 3.63) is 0 Å². The quantitative estimate of drug-likeness (QED) is 0.600. The van der Waals surface area contributed by atoms with E-state index in [1.807, 2.05) is 13.8 Å². The summed E-state index contributed by atoms with van der Waals surface area (Å²) in [5.41, 5.74) is 10.4. The highest BCUT2D eigenvalue weighted by Crippen LogP contribution is 1.84. The third kappa shape index (κ3) is 7.59. The number of hydrogen-bond donors (Lipinski definition) is 2. The molecule has 0 bridgehead atoms. The predicted molar refractivity (Wildman–Crippen MR) is 43.7 cm³/mol. The standard InChI is InChI=1S/C5H12N2O.C2H6/c1-4(8)5(7)2-3-6;1-2/h5H,2-3,6-7H2,1H3;1-2H3. The van der Waals surface area contributed by atoms with Gasteiger partial charge in [-0.15, -0.1) is 0 Å². The molecule has 3 heteroatoms. The van der Waals surface area contributed by atoms with E-state index in [2.05, 4.69) is 0 Å². The molecule has 0 aromatic rings. The SMILES string of the molecule is CC.CC(=O)C(N)CCN. The summed E-state index contributed by atoms with van der Waals surface area (Å²) in [5, 5.41) is 0. The summed E-state index contributed by atoms with van der Waals surface area (Å²) in [6, 6.07) is -0.347. The first-order chi connectivity index (χ1) is 4.68. The Hall–Kier alpha value is -0.410. The van der Waals surface area contributed by atoms with Crippen LogP contribution >= 0.6 is 0 Å². The molecule has 0 radical (unpaired) electrons. The molecule has 4 N–H and O–H groups in total. The number of nitrogens with two attached hydrogens (primary N) is 2. The van der Waals surface area contributed by atoms with E-state index in [1.165, 1.54) is 6.92 Å². The Balaban J connectivity index is 0. The van der Waals surface area contributed by atoms with Crippen molar-refractivity contribution >= 4 is 5.78 Å². The number of carbonyl (C=O) groups is 1. The van der Waals surface area contributed by atoms with E-state index in [1.54, 1.807) is 0 Å². The number of carbonyl (C=O) groups excluding carboxylic acids is 1. The Bertz CT molecular complexity index is 83.7. The second kappa shape index (κ2) is 8.59. The minimum atomic E-state index is -0.347. The van der Waals surface area contributed by atoms with Gasteiger partial charge in [-0.2, -0.15) is 0 Å². The van der Waals surface area contributed by atoms with Crippen molar-refractivity contribution in [1.29, 1.82) is 0 Å². The molecule has 0 fully saturated rings.